The molecule has 0 radical (unpaired) electrons. The summed E-state index contributed by atoms with van der Waals surface area (Å²) >= 11 is 0. The van der Waals surface area contributed by atoms with Gasteiger partial charge in [0.15, 0.2) is 0 Å². The second-order valence-corrected chi connectivity index (χ2v) is 9.24. The molecule has 0 saturated carbocycles. The molecular formula is C10H28N2Si2. The average Bonchev–Trinajstić information content (AvgIpc) is 2.22. The Morgan fingerprint density at radius 1 is 0.714 bits per heavy atom. The van der Waals surface area contributed by atoms with Gasteiger partial charge in [0, 0.05) is 0 Å². The van der Waals surface area contributed by atoms with E-state index in [0.29, 0.717) is 0 Å². The fourth-order valence-corrected chi connectivity index (χ4v) is 8.99. The molecule has 0 unspecified atom stereocenters. The molecule has 0 spiro atoms. The first kappa shape index (κ1) is 14.4. The lowest BCUT2D eigenvalue weighted by Gasteiger charge is -2.24. The van der Waals surface area contributed by atoms with Gasteiger partial charge < -0.3 is 9.13 Å². The van der Waals surface area contributed by atoms with Crippen molar-refractivity contribution in [2.45, 2.75) is 40.5 Å². The number of rotatable bonds is 9. The van der Waals surface area contributed by atoms with E-state index in [9.17, 15) is 0 Å². The fraction of sp³-hybridized carbons (Fsp3) is 1.00. The third-order valence-corrected chi connectivity index (χ3v) is 10.1. The molecule has 0 aliphatic rings. The molecule has 0 saturated heterocycles. The summed E-state index contributed by atoms with van der Waals surface area (Å²) in [5, 5.41) is 0. The maximum Gasteiger partial charge on any atom is 0.0968 e. The fourth-order valence-electron chi connectivity index (χ4n) is 1.77. The van der Waals surface area contributed by atoms with Crippen LogP contribution in [0.1, 0.15) is 40.5 Å². The first-order chi connectivity index (χ1) is 6.78. The van der Waals surface area contributed by atoms with Gasteiger partial charge in [0.2, 0.25) is 0 Å². The van der Waals surface area contributed by atoms with Crippen LogP contribution in [0, 0.1) is 0 Å². The molecule has 0 fully saturated rings. The standard InChI is InChI=1S/C10H28N2Si2/c1-5-9-11(7-3)13-14-12(8-4)10-6-2/h5-10,13-14H2,1-4H3. The highest BCUT2D eigenvalue weighted by molar-refractivity contribution is 6.97. The van der Waals surface area contributed by atoms with E-state index in [0.717, 1.165) is 0 Å². The Hall–Kier alpha value is 0.354. The molecule has 4 heteroatoms. The van der Waals surface area contributed by atoms with Gasteiger partial charge in [-0.05, 0) is 39.0 Å². The van der Waals surface area contributed by atoms with Crippen molar-refractivity contribution in [2.75, 3.05) is 26.2 Å². The van der Waals surface area contributed by atoms with Crippen molar-refractivity contribution >= 4 is 18.4 Å². The van der Waals surface area contributed by atoms with Crippen LogP contribution < -0.4 is 0 Å². The molecule has 0 bridgehead atoms. The summed E-state index contributed by atoms with van der Waals surface area (Å²) in [6, 6.07) is 0. The average molecular weight is 233 g/mol. The summed E-state index contributed by atoms with van der Waals surface area (Å²) in [6.45, 7) is 14.5. The second kappa shape index (κ2) is 9.89. The van der Waals surface area contributed by atoms with E-state index < -0.39 is 0 Å². The zero-order chi connectivity index (χ0) is 10.8. The van der Waals surface area contributed by atoms with Gasteiger partial charge in [0.1, 0.15) is 0 Å². The molecule has 0 aromatic heterocycles. The maximum absolute atomic E-state index is 2.74. The van der Waals surface area contributed by atoms with Gasteiger partial charge >= 0.3 is 0 Å². The van der Waals surface area contributed by atoms with Gasteiger partial charge in [-0.3, -0.25) is 0 Å². The first-order valence-corrected chi connectivity index (χ1v) is 11.5. The highest BCUT2D eigenvalue weighted by atomic mass is 29.2. The molecule has 0 amide bonds. The van der Waals surface area contributed by atoms with E-state index in [2.05, 4.69) is 36.8 Å². The predicted molar refractivity (Wildman–Crippen MR) is 72.2 cm³/mol. The topological polar surface area (TPSA) is 6.48 Å². The van der Waals surface area contributed by atoms with Gasteiger partial charge in [-0.15, -0.1) is 0 Å². The quantitative estimate of drug-likeness (QED) is 0.535. The number of hydrogen-bond donors (Lipinski definition) is 0. The van der Waals surface area contributed by atoms with E-state index >= 15 is 0 Å². The van der Waals surface area contributed by atoms with Crippen LogP contribution in [-0.4, -0.2) is 53.7 Å². The Morgan fingerprint density at radius 2 is 1.07 bits per heavy atom. The molecule has 0 atom stereocenters. The molecule has 0 aliphatic heterocycles. The van der Waals surface area contributed by atoms with E-state index in [-0.39, 0.29) is 18.4 Å². The van der Waals surface area contributed by atoms with E-state index in [1.54, 1.807) is 0 Å². The van der Waals surface area contributed by atoms with Gasteiger partial charge in [-0.1, -0.05) is 27.7 Å². The monoisotopic (exact) mass is 232 g/mol. The van der Waals surface area contributed by atoms with Crippen LogP contribution in [0.4, 0.5) is 0 Å². The van der Waals surface area contributed by atoms with E-state index in [1.807, 2.05) is 0 Å². The minimum absolute atomic E-state index is 0.134. The largest absolute Gasteiger partial charge is 0.331 e. The molecule has 0 heterocycles. The molecule has 0 rings (SSSR count). The third kappa shape index (κ3) is 6.76. The van der Waals surface area contributed by atoms with Crippen molar-refractivity contribution in [3.05, 3.63) is 0 Å². The third-order valence-electron chi connectivity index (χ3n) is 2.71. The van der Waals surface area contributed by atoms with Crippen LogP contribution in [-0.2, 0) is 0 Å². The molecule has 86 valence electrons. The molecule has 0 aliphatic carbocycles. The summed E-state index contributed by atoms with van der Waals surface area (Å²) in [7, 11) is 0.267. The first-order valence-electron chi connectivity index (χ1n) is 6.23. The van der Waals surface area contributed by atoms with Crippen LogP contribution in [0.5, 0.6) is 0 Å². The highest BCUT2D eigenvalue weighted by Gasteiger charge is 2.06. The van der Waals surface area contributed by atoms with Crippen LogP contribution in [0.25, 0.3) is 0 Å². The summed E-state index contributed by atoms with van der Waals surface area (Å²) in [6.07, 6.45) is 2.66. The van der Waals surface area contributed by atoms with Crippen molar-refractivity contribution in [3.8, 4) is 0 Å². The Kier molecular flexibility index (Phi) is 10.1. The predicted octanol–water partition coefficient (Wildman–Crippen LogP) is 0.533. The van der Waals surface area contributed by atoms with Gasteiger partial charge in [-0.2, -0.15) is 0 Å². The normalized spacial score (nSPS) is 13.3. The van der Waals surface area contributed by atoms with Crippen molar-refractivity contribution in [1.82, 2.24) is 9.13 Å². The molecule has 0 N–H and O–H groups in total. The summed E-state index contributed by atoms with van der Waals surface area (Å²) in [4.78, 5) is 0. The molecule has 14 heavy (non-hydrogen) atoms. The van der Waals surface area contributed by atoms with Gasteiger partial charge in [0.25, 0.3) is 0 Å². The van der Waals surface area contributed by atoms with Gasteiger partial charge in [-0.25, -0.2) is 0 Å². The SMILES string of the molecule is CCCN(CC)[SiH2][SiH2]N(CC)CCC. The van der Waals surface area contributed by atoms with Crippen molar-refractivity contribution in [1.29, 1.82) is 0 Å². The van der Waals surface area contributed by atoms with Crippen LogP contribution in [0.15, 0.2) is 0 Å². The van der Waals surface area contributed by atoms with Crippen molar-refractivity contribution < 1.29 is 0 Å². The minimum Gasteiger partial charge on any atom is -0.331 e. The minimum atomic E-state index is 0.134. The summed E-state index contributed by atoms with van der Waals surface area (Å²) < 4.78 is 5.48. The molecular weight excluding hydrogens is 204 g/mol. The lowest BCUT2D eigenvalue weighted by atomic mass is 10.5. The van der Waals surface area contributed by atoms with Crippen LogP contribution in [0.3, 0.4) is 0 Å². The Morgan fingerprint density at radius 3 is 1.29 bits per heavy atom. The summed E-state index contributed by atoms with van der Waals surface area (Å²) in [5.74, 6) is 0. The van der Waals surface area contributed by atoms with E-state index in [4.69, 9.17) is 0 Å². The zero-order valence-electron chi connectivity index (χ0n) is 10.6. The number of hydrogen-bond acceptors (Lipinski definition) is 2. The van der Waals surface area contributed by atoms with Crippen molar-refractivity contribution in [3.63, 3.8) is 0 Å². The zero-order valence-corrected chi connectivity index (χ0v) is 13.4. The Labute approximate surface area is 94.6 Å². The maximum atomic E-state index is 2.74. The Balaban J connectivity index is 3.63. The van der Waals surface area contributed by atoms with E-state index in [1.165, 1.54) is 39.0 Å². The molecule has 0 aromatic carbocycles. The van der Waals surface area contributed by atoms with Gasteiger partial charge in [0.05, 0.1) is 18.4 Å². The lowest BCUT2D eigenvalue weighted by molar-refractivity contribution is 0.453. The van der Waals surface area contributed by atoms with Crippen molar-refractivity contribution in [2.24, 2.45) is 0 Å². The number of nitrogens with zero attached hydrogens (tertiary/aromatic N) is 2. The molecule has 0 aromatic rings. The summed E-state index contributed by atoms with van der Waals surface area (Å²) in [5.41, 5.74) is 0. The smallest absolute Gasteiger partial charge is 0.0968 e. The van der Waals surface area contributed by atoms with Crippen LogP contribution >= 0.6 is 0 Å². The highest BCUT2D eigenvalue weighted by Crippen LogP contribution is 1.91. The van der Waals surface area contributed by atoms with Crippen LogP contribution in [0.2, 0.25) is 0 Å². The Bertz CT molecular complexity index is 109. The molecule has 2 nitrogen and oxygen atoms in total. The lowest BCUT2D eigenvalue weighted by Crippen LogP contribution is -2.41. The second-order valence-electron chi connectivity index (χ2n) is 3.87.